The molecule has 2 aromatic rings. The summed E-state index contributed by atoms with van der Waals surface area (Å²) in [6, 6.07) is 5.65. The van der Waals surface area contributed by atoms with Gasteiger partial charge >= 0.3 is 0 Å². The van der Waals surface area contributed by atoms with Crippen LogP contribution in [0.2, 0.25) is 5.02 Å². The third-order valence-electron chi connectivity index (χ3n) is 2.90. The molecule has 5 nitrogen and oxygen atoms in total. The molecular weight excluding hydrogens is 278 g/mol. The zero-order valence-electron chi connectivity index (χ0n) is 11.3. The molecule has 0 aromatic carbocycles. The molecule has 6 heteroatoms. The lowest BCUT2D eigenvalue weighted by atomic mass is 10.1. The van der Waals surface area contributed by atoms with E-state index in [0.717, 1.165) is 5.69 Å². The molecule has 106 valence electrons. The summed E-state index contributed by atoms with van der Waals surface area (Å²) >= 11 is 6.04. The highest BCUT2D eigenvalue weighted by Gasteiger charge is 2.17. The number of ether oxygens (including phenoxy) is 1. The second kappa shape index (κ2) is 7.17. The zero-order chi connectivity index (χ0) is 14.4. The molecule has 0 spiro atoms. The molecule has 0 atom stereocenters. The van der Waals surface area contributed by atoms with Crippen molar-refractivity contribution in [2.75, 3.05) is 13.7 Å². The molecule has 0 N–H and O–H groups in total. The summed E-state index contributed by atoms with van der Waals surface area (Å²) in [5, 5.41) is 4.48. The van der Waals surface area contributed by atoms with E-state index in [1.165, 1.54) is 6.20 Å². The molecule has 2 rings (SSSR count). The minimum Gasteiger partial charge on any atom is -0.383 e. The Kier molecular flexibility index (Phi) is 5.26. The van der Waals surface area contributed by atoms with Crippen molar-refractivity contribution in [1.82, 2.24) is 14.8 Å². The number of pyridine rings is 1. The van der Waals surface area contributed by atoms with Crippen molar-refractivity contribution in [3.05, 3.63) is 47.0 Å². The maximum Gasteiger partial charge on any atom is 0.182 e. The quantitative estimate of drug-likeness (QED) is 0.736. The van der Waals surface area contributed by atoms with Gasteiger partial charge in [-0.2, -0.15) is 5.10 Å². The molecular formula is C14H16ClN3O2. The van der Waals surface area contributed by atoms with E-state index in [-0.39, 0.29) is 5.78 Å². The number of halogens is 1. The van der Waals surface area contributed by atoms with Crippen LogP contribution in [0.15, 0.2) is 30.6 Å². The molecule has 0 bridgehead atoms. The van der Waals surface area contributed by atoms with Crippen LogP contribution in [0.5, 0.6) is 0 Å². The summed E-state index contributed by atoms with van der Waals surface area (Å²) in [4.78, 5) is 16.5. The van der Waals surface area contributed by atoms with E-state index in [9.17, 15) is 4.79 Å². The van der Waals surface area contributed by atoms with E-state index in [4.69, 9.17) is 16.3 Å². The Hall–Kier alpha value is -1.72. The molecule has 0 saturated heterocycles. The Bertz CT molecular complexity index is 569. The van der Waals surface area contributed by atoms with Crippen molar-refractivity contribution in [3.8, 4) is 0 Å². The number of carbonyl (C=O) groups is 1. The van der Waals surface area contributed by atoms with E-state index in [1.54, 1.807) is 18.0 Å². The molecule has 0 aliphatic rings. The van der Waals surface area contributed by atoms with Crippen LogP contribution in [0.25, 0.3) is 0 Å². The molecule has 0 saturated carbocycles. The number of aromatic nitrogens is 3. The molecule has 0 fully saturated rings. The first-order chi connectivity index (χ1) is 9.72. The van der Waals surface area contributed by atoms with Crippen LogP contribution in [-0.4, -0.2) is 34.3 Å². The lowest BCUT2D eigenvalue weighted by Crippen LogP contribution is -2.14. The van der Waals surface area contributed by atoms with Gasteiger partial charge in [0.25, 0.3) is 0 Å². The number of Topliss-reactive ketones (excluding diaryl/α,β-unsaturated/α-hetero) is 1. The number of aryl methyl sites for hydroxylation is 1. The SMILES string of the molecule is COCCn1ncc(Cl)c1C(=O)CCc1ccccn1. The summed E-state index contributed by atoms with van der Waals surface area (Å²) in [6.45, 7) is 0.992. The first kappa shape index (κ1) is 14.7. The van der Waals surface area contributed by atoms with E-state index in [1.807, 2.05) is 18.2 Å². The second-order valence-electron chi connectivity index (χ2n) is 4.30. The number of hydrogen-bond acceptors (Lipinski definition) is 4. The number of carbonyl (C=O) groups excluding carboxylic acids is 1. The van der Waals surface area contributed by atoms with Crippen molar-refractivity contribution in [2.24, 2.45) is 0 Å². The predicted octanol–water partition coefficient (Wildman–Crippen LogP) is 2.39. The van der Waals surface area contributed by atoms with Gasteiger partial charge in [-0.25, -0.2) is 0 Å². The van der Waals surface area contributed by atoms with Crippen LogP contribution < -0.4 is 0 Å². The van der Waals surface area contributed by atoms with Gasteiger partial charge in [-0.15, -0.1) is 0 Å². The van der Waals surface area contributed by atoms with E-state index in [2.05, 4.69) is 10.1 Å². The minimum absolute atomic E-state index is 0.0331. The Morgan fingerprint density at radius 2 is 2.30 bits per heavy atom. The minimum atomic E-state index is -0.0331. The fraction of sp³-hybridized carbons (Fsp3) is 0.357. The van der Waals surface area contributed by atoms with E-state index < -0.39 is 0 Å². The van der Waals surface area contributed by atoms with E-state index in [0.29, 0.717) is 36.7 Å². The van der Waals surface area contributed by atoms with Crippen molar-refractivity contribution >= 4 is 17.4 Å². The number of ketones is 1. The van der Waals surface area contributed by atoms with Gasteiger partial charge in [-0.05, 0) is 18.6 Å². The Labute approximate surface area is 122 Å². The number of nitrogens with zero attached hydrogens (tertiary/aromatic N) is 3. The summed E-state index contributed by atoms with van der Waals surface area (Å²) in [6.07, 6.45) is 4.15. The highest BCUT2D eigenvalue weighted by Crippen LogP contribution is 2.18. The third kappa shape index (κ3) is 3.65. The Morgan fingerprint density at radius 3 is 3.00 bits per heavy atom. The van der Waals surface area contributed by atoms with Gasteiger partial charge in [-0.1, -0.05) is 17.7 Å². The smallest absolute Gasteiger partial charge is 0.182 e. The fourth-order valence-electron chi connectivity index (χ4n) is 1.89. The third-order valence-corrected chi connectivity index (χ3v) is 3.18. The fourth-order valence-corrected chi connectivity index (χ4v) is 2.14. The summed E-state index contributed by atoms with van der Waals surface area (Å²) in [7, 11) is 1.60. The van der Waals surface area contributed by atoms with Crippen LogP contribution in [-0.2, 0) is 17.7 Å². The largest absolute Gasteiger partial charge is 0.383 e. The van der Waals surface area contributed by atoms with Crippen molar-refractivity contribution in [1.29, 1.82) is 0 Å². The van der Waals surface area contributed by atoms with Crippen LogP contribution >= 0.6 is 11.6 Å². The molecule has 0 aliphatic heterocycles. The van der Waals surface area contributed by atoms with Crippen LogP contribution in [0.4, 0.5) is 0 Å². The first-order valence-corrected chi connectivity index (χ1v) is 6.73. The number of methoxy groups -OCH3 is 1. The molecule has 20 heavy (non-hydrogen) atoms. The van der Waals surface area contributed by atoms with Gasteiger partial charge in [0.15, 0.2) is 5.78 Å². The predicted molar refractivity (Wildman–Crippen MR) is 76.0 cm³/mol. The average Bonchev–Trinajstić information content (AvgIpc) is 2.84. The van der Waals surface area contributed by atoms with Crippen LogP contribution in [0.1, 0.15) is 22.6 Å². The van der Waals surface area contributed by atoms with Crippen molar-refractivity contribution < 1.29 is 9.53 Å². The standard InChI is InChI=1S/C14H16ClN3O2/c1-20-9-8-18-14(12(15)10-17-18)13(19)6-5-11-4-2-3-7-16-11/h2-4,7,10H,5-6,8-9H2,1H3. The lowest BCUT2D eigenvalue weighted by Gasteiger charge is -2.06. The topological polar surface area (TPSA) is 57.0 Å². The molecule has 0 amide bonds. The van der Waals surface area contributed by atoms with Gasteiger partial charge in [0.2, 0.25) is 0 Å². The summed E-state index contributed by atoms with van der Waals surface area (Å²) in [5.74, 6) is -0.0331. The normalized spacial score (nSPS) is 10.7. The van der Waals surface area contributed by atoms with Gasteiger partial charge in [0.1, 0.15) is 5.69 Å². The van der Waals surface area contributed by atoms with Crippen LogP contribution in [0, 0.1) is 0 Å². The Balaban J connectivity index is 2.03. The van der Waals surface area contributed by atoms with E-state index >= 15 is 0 Å². The van der Waals surface area contributed by atoms with Crippen LogP contribution in [0.3, 0.4) is 0 Å². The zero-order valence-corrected chi connectivity index (χ0v) is 12.0. The molecule has 0 radical (unpaired) electrons. The summed E-state index contributed by atoms with van der Waals surface area (Å²) in [5.41, 5.74) is 1.33. The average molecular weight is 294 g/mol. The second-order valence-corrected chi connectivity index (χ2v) is 4.71. The van der Waals surface area contributed by atoms with Gasteiger partial charge in [0.05, 0.1) is 24.4 Å². The maximum atomic E-state index is 12.3. The van der Waals surface area contributed by atoms with Gasteiger partial charge < -0.3 is 4.74 Å². The van der Waals surface area contributed by atoms with Crippen molar-refractivity contribution in [2.45, 2.75) is 19.4 Å². The lowest BCUT2D eigenvalue weighted by molar-refractivity contribution is 0.0968. The Morgan fingerprint density at radius 1 is 1.45 bits per heavy atom. The van der Waals surface area contributed by atoms with Gasteiger partial charge in [-0.3, -0.25) is 14.5 Å². The number of rotatable bonds is 7. The first-order valence-electron chi connectivity index (χ1n) is 6.35. The molecule has 0 aliphatic carbocycles. The highest BCUT2D eigenvalue weighted by molar-refractivity contribution is 6.33. The molecule has 2 aromatic heterocycles. The monoisotopic (exact) mass is 293 g/mol. The van der Waals surface area contributed by atoms with Crippen molar-refractivity contribution in [3.63, 3.8) is 0 Å². The summed E-state index contributed by atoms with van der Waals surface area (Å²) < 4.78 is 6.58. The molecule has 2 heterocycles. The molecule has 0 unspecified atom stereocenters. The maximum absolute atomic E-state index is 12.3. The highest BCUT2D eigenvalue weighted by atomic mass is 35.5. The van der Waals surface area contributed by atoms with Gasteiger partial charge in [0, 0.05) is 25.4 Å². The number of hydrogen-bond donors (Lipinski definition) is 0.